The van der Waals surface area contributed by atoms with Crippen molar-refractivity contribution in [3.8, 4) is 17.3 Å². The molecule has 0 bridgehead atoms. The van der Waals surface area contributed by atoms with Gasteiger partial charge in [0.15, 0.2) is 5.65 Å². The van der Waals surface area contributed by atoms with Crippen LogP contribution < -0.4 is 16.3 Å². The maximum atomic E-state index is 13.3. The first-order valence-electron chi connectivity index (χ1n) is 11.8. The van der Waals surface area contributed by atoms with Crippen LogP contribution in [0.5, 0.6) is 0 Å². The summed E-state index contributed by atoms with van der Waals surface area (Å²) >= 11 is 0. The van der Waals surface area contributed by atoms with Crippen molar-refractivity contribution in [2.24, 2.45) is 0 Å². The highest BCUT2D eigenvalue weighted by atomic mass is 19.1. The van der Waals surface area contributed by atoms with Gasteiger partial charge in [0.1, 0.15) is 17.7 Å². The number of anilines is 1. The monoisotopic (exact) mass is 507 g/mol. The number of rotatable bonds is 7. The summed E-state index contributed by atoms with van der Waals surface area (Å²) in [5, 5.41) is 21.8. The number of aromatic amines is 1. The van der Waals surface area contributed by atoms with Crippen LogP contribution in [0.4, 0.5) is 10.2 Å². The lowest BCUT2D eigenvalue weighted by atomic mass is 10.1. The smallest absolute Gasteiger partial charge is 0.348 e. The number of H-pyrrole nitrogens is 1. The number of carbonyl (C=O) groups excluding carboxylic acids is 1. The highest BCUT2D eigenvalue weighted by molar-refractivity contribution is 5.99. The number of nitriles is 1. The number of nitrogens with one attached hydrogen (secondary N) is 3. The van der Waals surface area contributed by atoms with Gasteiger partial charge in [-0.05, 0) is 53.9 Å². The molecule has 0 aliphatic carbocycles. The molecule has 3 heterocycles. The van der Waals surface area contributed by atoms with Gasteiger partial charge in [0, 0.05) is 12.7 Å². The molecule has 0 radical (unpaired) electrons. The van der Waals surface area contributed by atoms with E-state index in [9.17, 15) is 19.2 Å². The molecule has 3 N–H and O–H groups in total. The summed E-state index contributed by atoms with van der Waals surface area (Å²) in [6.45, 7) is 2.16. The standard InChI is InChI=1S/C28H22FN7O2/c1-17(20-9-11-22(29)12-10-20)33-27(37)23-13-19(14-30)16-32-26(23)31-15-18-5-7-21(8-6-18)24-3-2-4-25-34-35-28(38)36(24)25/h2-13,16-17H,15H2,1H3,(H,31,32)(H,33,37)(H,35,38). The average Bonchev–Trinajstić information content (AvgIpc) is 3.33. The quantitative estimate of drug-likeness (QED) is 0.303. The zero-order valence-corrected chi connectivity index (χ0v) is 20.3. The molecule has 2 aromatic carbocycles. The third kappa shape index (κ3) is 4.99. The van der Waals surface area contributed by atoms with Gasteiger partial charge in [0.05, 0.1) is 22.9 Å². The number of hydrogen-bond donors (Lipinski definition) is 3. The van der Waals surface area contributed by atoms with Crippen LogP contribution in [0.3, 0.4) is 0 Å². The summed E-state index contributed by atoms with van der Waals surface area (Å²) in [5.74, 6) is -0.445. The molecule has 5 rings (SSSR count). The summed E-state index contributed by atoms with van der Waals surface area (Å²) in [6.07, 6.45) is 1.40. The predicted molar refractivity (Wildman–Crippen MR) is 140 cm³/mol. The van der Waals surface area contributed by atoms with Gasteiger partial charge >= 0.3 is 5.69 Å². The topological polar surface area (TPSA) is 128 Å². The van der Waals surface area contributed by atoms with E-state index in [4.69, 9.17) is 0 Å². The number of amides is 1. The number of benzene rings is 2. The fraction of sp³-hybridized carbons (Fsp3) is 0.107. The summed E-state index contributed by atoms with van der Waals surface area (Å²) in [5.41, 5.74) is 3.91. The summed E-state index contributed by atoms with van der Waals surface area (Å²) in [7, 11) is 0. The molecule has 10 heteroatoms. The normalized spacial score (nSPS) is 11.6. The second-order valence-electron chi connectivity index (χ2n) is 8.66. The molecule has 188 valence electrons. The molecule has 0 fully saturated rings. The lowest BCUT2D eigenvalue weighted by Gasteiger charge is -2.16. The Balaban J connectivity index is 1.33. The van der Waals surface area contributed by atoms with Gasteiger partial charge in [-0.3, -0.25) is 4.79 Å². The minimum Gasteiger partial charge on any atom is -0.365 e. The van der Waals surface area contributed by atoms with Gasteiger partial charge in [-0.15, -0.1) is 0 Å². The van der Waals surface area contributed by atoms with Crippen LogP contribution in [0.1, 0.15) is 40.0 Å². The first-order chi connectivity index (χ1) is 18.4. The third-order valence-corrected chi connectivity index (χ3v) is 6.13. The Morgan fingerprint density at radius 2 is 1.89 bits per heavy atom. The van der Waals surface area contributed by atoms with Crippen LogP contribution in [-0.4, -0.2) is 25.5 Å². The van der Waals surface area contributed by atoms with Crippen molar-refractivity contribution in [3.63, 3.8) is 0 Å². The Labute approximate surface area is 216 Å². The highest BCUT2D eigenvalue weighted by Gasteiger charge is 2.17. The molecule has 0 saturated carbocycles. The van der Waals surface area contributed by atoms with Crippen LogP contribution in [0.15, 0.2) is 83.8 Å². The summed E-state index contributed by atoms with van der Waals surface area (Å²) in [4.78, 5) is 29.5. The molecule has 0 spiro atoms. The van der Waals surface area contributed by atoms with E-state index < -0.39 is 5.91 Å². The van der Waals surface area contributed by atoms with E-state index in [-0.39, 0.29) is 28.7 Å². The maximum Gasteiger partial charge on any atom is 0.348 e. The van der Waals surface area contributed by atoms with Gasteiger partial charge in [-0.2, -0.15) is 10.4 Å². The van der Waals surface area contributed by atoms with Crippen LogP contribution in [0.25, 0.3) is 16.9 Å². The highest BCUT2D eigenvalue weighted by Crippen LogP contribution is 2.22. The molecule has 5 aromatic rings. The van der Waals surface area contributed by atoms with Crippen molar-refractivity contribution in [2.75, 3.05) is 5.32 Å². The molecular formula is C28H22FN7O2. The molecular weight excluding hydrogens is 485 g/mol. The second-order valence-corrected chi connectivity index (χ2v) is 8.66. The van der Waals surface area contributed by atoms with Crippen molar-refractivity contribution in [3.05, 3.63) is 118 Å². The lowest BCUT2D eigenvalue weighted by Crippen LogP contribution is -2.28. The fourth-order valence-electron chi connectivity index (χ4n) is 4.11. The fourth-order valence-corrected chi connectivity index (χ4v) is 4.11. The van der Waals surface area contributed by atoms with Crippen LogP contribution >= 0.6 is 0 Å². The lowest BCUT2D eigenvalue weighted by molar-refractivity contribution is 0.0940. The SMILES string of the molecule is CC(NC(=O)c1cc(C#N)cnc1NCc1ccc(-c2cccc3n[nH]c(=O)n23)cc1)c1ccc(F)cc1. The van der Waals surface area contributed by atoms with Crippen molar-refractivity contribution in [1.82, 2.24) is 24.9 Å². The van der Waals surface area contributed by atoms with E-state index in [0.717, 1.165) is 16.7 Å². The minimum absolute atomic E-state index is 0.223. The Morgan fingerprint density at radius 3 is 2.63 bits per heavy atom. The van der Waals surface area contributed by atoms with Gasteiger partial charge in [-0.1, -0.05) is 42.5 Å². The summed E-state index contributed by atoms with van der Waals surface area (Å²) < 4.78 is 14.8. The van der Waals surface area contributed by atoms with Crippen molar-refractivity contribution < 1.29 is 9.18 Å². The van der Waals surface area contributed by atoms with E-state index in [1.807, 2.05) is 42.5 Å². The van der Waals surface area contributed by atoms with E-state index in [2.05, 4.69) is 25.8 Å². The Morgan fingerprint density at radius 1 is 1.13 bits per heavy atom. The van der Waals surface area contributed by atoms with Gasteiger partial charge in [-0.25, -0.2) is 23.7 Å². The molecule has 0 aliphatic heterocycles. The first kappa shape index (κ1) is 24.4. The number of aromatic nitrogens is 4. The van der Waals surface area contributed by atoms with Crippen LogP contribution in [0, 0.1) is 17.1 Å². The molecule has 1 amide bonds. The average molecular weight is 508 g/mol. The van der Waals surface area contributed by atoms with E-state index in [1.165, 1.54) is 28.8 Å². The molecule has 1 unspecified atom stereocenters. The molecule has 9 nitrogen and oxygen atoms in total. The van der Waals surface area contributed by atoms with Crippen LogP contribution in [-0.2, 0) is 6.54 Å². The number of hydrogen-bond acceptors (Lipinski definition) is 6. The first-order valence-corrected chi connectivity index (χ1v) is 11.8. The Kier molecular flexibility index (Phi) is 6.65. The molecule has 1 atom stereocenters. The van der Waals surface area contributed by atoms with E-state index in [0.29, 0.717) is 23.7 Å². The van der Waals surface area contributed by atoms with Gasteiger partial charge in [0.25, 0.3) is 5.91 Å². The van der Waals surface area contributed by atoms with Crippen molar-refractivity contribution in [1.29, 1.82) is 5.26 Å². The molecule has 38 heavy (non-hydrogen) atoms. The number of halogens is 1. The Bertz CT molecular complexity index is 1720. The third-order valence-electron chi connectivity index (χ3n) is 6.13. The largest absolute Gasteiger partial charge is 0.365 e. The second kappa shape index (κ2) is 10.4. The van der Waals surface area contributed by atoms with Gasteiger partial charge < -0.3 is 10.6 Å². The number of nitrogens with zero attached hydrogens (tertiary/aromatic N) is 4. The minimum atomic E-state index is -0.414. The maximum absolute atomic E-state index is 13.3. The number of fused-ring (bicyclic) bond motifs is 1. The van der Waals surface area contributed by atoms with Gasteiger partial charge in [0.2, 0.25) is 0 Å². The zero-order chi connectivity index (χ0) is 26.6. The molecule has 0 saturated heterocycles. The predicted octanol–water partition coefficient (Wildman–Crippen LogP) is 4.20. The van der Waals surface area contributed by atoms with Crippen molar-refractivity contribution in [2.45, 2.75) is 19.5 Å². The Hall–Kier alpha value is -5.30. The number of carbonyl (C=O) groups is 1. The molecule has 0 aliphatic rings. The zero-order valence-electron chi connectivity index (χ0n) is 20.3. The molecule has 3 aromatic heterocycles. The summed E-state index contributed by atoms with van der Waals surface area (Å²) in [6, 6.07) is 22.0. The van der Waals surface area contributed by atoms with Crippen LogP contribution in [0.2, 0.25) is 0 Å². The van der Waals surface area contributed by atoms with E-state index >= 15 is 0 Å². The number of pyridine rings is 2. The van der Waals surface area contributed by atoms with Crippen molar-refractivity contribution >= 4 is 17.4 Å². The van der Waals surface area contributed by atoms with E-state index in [1.54, 1.807) is 25.1 Å².